The van der Waals surface area contributed by atoms with Crippen molar-refractivity contribution in [3.05, 3.63) is 41.2 Å². The SMILES string of the molecule is CC(=CCCBr)c1cc(C)cc(F)c1. The van der Waals surface area contributed by atoms with E-state index in [1.54, 1.807) is 12.1 Å². The van der Waals surface area contributed by atoms with Crippen LogP contribution < -0.4 is 0 Å². The van der Waals surface area contributed by atoms with Crippen molar-refractivity contribution >= 4 is 21.5 Å². The average molecular weight is 257 g/mol. The third-order valence-electron chi connectivity index (χ3n) is 2.06. The summed E-state index contributed by atoms with van der Waals surface area (Å²) in [6, 6.07) is 5.12. The van der Waals surface area contributed by atoms with Crippen LogP contribution in [-0.4, -0.2) is 5.33 Å². The second kappa shape index (κ2) is 5.30. The highest BCUT2D eigenvalue weighted by Gasteiger charge is 1.99. The molecule has 1 aromatic rings. The van der Waals surface area contributed by atoms with E-state index in [9.17, 15) is 4.39 Å². The highest BCUT2D eigenvalue weighted by molar-refractivity contribution is 9.09. The van der Waals surface area contributed by atoms with Crippen LogP contribution in [0.15, 0.2) is 24.3 Å². The Hall–Kier alpha value is -0.630. The van der Waals surface area contributed by atoms with Crippen molar-refractivity contribution in [1.29, 1.82) is 0 Å². The first-order valence-electron chi connectivity index (χ1n) is 4.64. The van der Waals surface area contributed by atoms with Gasteiger partial charge >= 0.3 is 0 Å². The first-order chi connectivity index (χ1) is 6.63. The number of benzene rings is 1. The summed E-state index contributed by atoms with van der Waals surface area (Å²) >= 11 is 3.36. The van der Waals surface area contributed by atoms with Gasteiger partial charge < -0.3 is 0 Å². The summed E-state index contributed by atoms with van der Waals surface area (Å²) in [6.45, 7) is 3.92. The molecule has 0 atom stereocenters. The Bertz CT molecular complexity index is 322. The van der Waals surface area contributed by atoms with Gasteiger partial charge in [-0.3, -0.25) is 0 Å². The second-order valence-corrected chi connectivity index (χ2v) is 4.18. The quantitative estimate of drug-likeness (QED) is 0.707. The van der Waals surface area contributed by atoms with Gasteiger partial charge in [0.15, 0.2) is 0 Å². The van der Waals surface area contributed by atoms with E-state index in [1.165, 1.54) is 0 Å². The zero-order valence-corrected chi connectivity index (χ0v) is 10.1. The van der Waals surface area contributed by atoms with Crippen LogP contribution in [-0.2, 0) is 0 Å². The van der Waals surface area contributed by atoms with Crippen molar-refractivity contribution in [2.24, 2.45) is 0 Å². The van der Waals surface area contributed by atoms with E-state index in [2.05, 4.69) is 22.0 Å². The Labute approximate surface area is 93.0 Å². The third-order valence-corrected chi connectivity index (χ3v) is 2.51. The van der Waals surface area contributed by atoms with Crippen molar-refractivity contribution in [2.75, 3.05) is 5.33 Å². The lowest BCUT2D eigenvalue weighted by molar-refractivity contribution is 0.626. The van der Waals surface area contributed by atoms with E-state index in [1.807, 2.05) is 19.9 Å². The van der Waals surface area contributed by atoms with Crippen molar-refractivity contribution < 1.29 is 4.39 Å². The number of alkyl halides is 1. The molecule has 0 nitrogen and oxygen atoms in total. The molecule has 2 heteroatoms. The van der Waals surface area contributed by atoms with Crippen molar-refractivity contribution in [3.8, 4) is 0 Å². The molecule has 0 saturated heterocycles. The molecule has 0 bridgehead atoms. The fourth-order valence-corrected chi connectivity index (χ4v) is 1.58. The summed E-state index contributed by atoms with van der Waals surface area (Å²) in [5.41, 5.74) is 3.07. The minimum atomic E-state index is -0.161. The van der Waals surface area contributed by atoms with Gasteiger partial charge in [0.05, 0.1) is 0 Å². The molecule has 0 fully saturated rings. The minimum Gasteiger partial charge on any atom is -0.207 e. The molecule has 0 aliphatic rings. The normalized spacial score (nSPS) is 11.9. The van der Waals surface area contributed by atoms with Gasteiger partial charge in [0.25, 0.3) is 0 Å². The Morgan fingerprint density at radius 2 is 2.14 bits per heavy atom. The van der Waals surface area contributed by atoms with Crippen LogP contribution in [0, 0.1) is 12.7 Å². The molecule has 0 aliphatic carbocycles. The van der Waals surface area contributed by atoms with Crippen molar-refractivity contribution in [2.45, 2.75) is 20.3 Å². The van der Waals surface area contributed by atoms with Crippen LogP contribution in [0.2, 0.25) is 0 Å². The summed E-state index contributed by atoms with van der Waals surface area (Å²) in [4.78, 5) is 0. The molecular weight excluding hydrogens is 243 g/mol. The van der Waals surface area contributed by atoms with Crippen LogP contribution >= 0.6 is 15.9 Å². The van der Waals surface area contributed by atoms with Gasteiger partial charge in [-0.25, -0.2) is 4.39 Å². The predicted molar refractivity (Wildman–Crippen MR) is 63.2 cm³/mol. The van der Waals surface area contributed by atoms with E-state index in [-0.39, 0.29) is 5.82 Å². The molecule has 0 aromatic heterocycles. The smallest absolute Gasteiger partial charge is 0.124 e. The maximum Gasteiger partial charge on any atom is 0.124 e. The molecule has 1 rings (SSSR count). The number of halogens is 2. The van der Waals surface area contributed by atoms with E-state index in [4.69, 9.17) is 0 Å². The summed E-state index contributed by atoms with van der Waals surface area (Å²) in [5.74, 6) is -0.161. The first kappa shape index (κ1) is 11.4. The van der Waals surface area contributed by atoms with Crippen LogP contribution in [0.25, 0.3) is 5.57 Å². The monoisotopic (exact) mass is 256 g/mol. The molecule has 0 radical (unpaired) electrons. The molecule has 0 saturated carbocycles. The molecule has 1 aromatic carbocycles. The number of hydrogen-bond acceptors (Lipinski definition) is 0. The number of aryl methyl sites for hydroxylation is 1. The number of hydrogen-bond donors (Lipinski definition) is 0. The first-order valence-corrected chi connectivity index (χ1v) is 5.76. The topological polar surface area (TPSA) is 0 Å². The van der Waals surface area contributed by atoms with E-state index >= 15 is 0 Å². The maximum absolute atomic E-state index is 13.1. The van der Waals surface area contributed by atoms with Gasteiger partial charge in [-0.1, -0.05) is 28.1 Å². The van der Waals surface area contributed by atoms with Crippen LogP contribution in [0.5, 0.6) is 0 Å². The van der Waals surface area contributed by atoms with Crippen LogP contribution in [0.1, 0.15) is 24.5 Å². The highest BCUT2D eigenvalue weighted by atomic mass is 79.9. The van der Waals surface area contributed by atoms with E-state index < -0.39 is 0 Å². The molecule has 0 heterocycles. The lowest BCUT2D eigenvalue weighted by atomic mass is 10.0. The molecule has 0 spiro atoms. The third kappa shape index (κ3) is 3.26. The van der Waals surface area contributed by atoms with Gasteiger partial charge in [0.1, 0.15) is 5.82 Å². The zero-order valence-electron chi connectivity index (χ0n) is 8.48. The molecule has 0 unspecified atom stereocenters. The molecule has 76 valence electrons. The Morgan fingerprint density at radius 1 is 1.43 bits per heavy atom. The van der Waals surface area contributed by atoms with E-state index in [0.29, 0.717) is 0 Å². The zero-order chi connectivity index (χ0) is 10.6. The van der Waals surface area contributed by atoms with Gasteiger partial charge in [-0.15, -0.1) is 0 Å². The Kier molecular flexibility index (Phi) is 4.33. The fourth-order valence-electron chi connectivity index (χ4n) is 1.35. The lowest BCUT2D eigenvalue weighted by Gasteiger charge is -2.03. The van der Waals surface area contributed by atoms with Gasteiger partial charge in [-0.05, 0) is 49.1 Å². The molecule has 0 N–H and O–H groups in total. The molecule has 0 amide bonds. The number of allylic oxidation sites excluding steroid dienone is 2. The summed E-state index contributed by atoms with van der Waals surface area (Å²) < 4.78 is 13.1. The number of rotatable bonds is 3. The summed E-state index contributed by atoms with van der Waals surface area (Å²) in [5, 5.41) is 0.943. The van der Waals surface area contributed by atoms with E-state index in [0.717, 1.165) is 28.5 Å². The molecular formula is C12H14BrF. The second-order valence-electron chi connectivity index (χ2n) is 3.38. The fraction of sp³-hybridized carbons (Fsp3) is 0.333. The van der Waals surface area contributed by atoms with Gasteiger partial charge in [0, 0.05) is 5.33 Å². The maximum atomic E-state index is 13.1. The Balaban J connectivity index is 2.95. The van der Waals surface area contributed by atoms with Crippen molar-refractivity contribution in [3.63, 3.8) is 0 Å². The summed E-state index contributed by atoms with van der Waals surface area (Å²) in [6.07, 6.45) is 3.09. The van der Waals surface area contributed by atoms with Gasteiger partial charge in [0.2, 0.25) is 0 Å². The molecule has 14 heavy (non-hydrogen) atoms. The van der Waals surface area contributed by atoms with Gasteiger partial charge in [-0.2, -0.15) is 0 Å². The standard InChI is InChI=1S/C12H14BrF/c1-9-6-11(8-12(14)7-9)10(2)4-3-5-13/h4,6-8H,3,5H2,1-2H3. The molecule has 0 aliphatic heterocycles. The van der Waals surface area contributed by atoms with Crippen LogP contribution in [0.4, 0.5) is 4.39 Å². The van der Waals surface area contributed by atoms with Crippen LogP contribution in [0.3, 0.4) is 0 Å². The van der Waals surface area contributed by atoms with Crippen molar-refractivity contribution in [1.82, 2.24) is 0 Å². The summed E-state index contributed by atoms with van der Waals surface area (Å²) in [7, 11) is 0. The average Bonchev–Trinajstić information content (AvgIpc) is 2.12. The lowest BCUT2D eigenvalue weighted by Crippen LogP contribution is -1.85. The largest absolute Gasteiger partial charge is 0.207 e. The minimum absolute atomic E-state index is 0.161. The Morgan fingerprint density at radius 3 is 2.71 bits per heavy atom. The predicted octanol–water partition coefficient (Wildman–Crippen LogP) is 4.32. The highest BCUT2D eigenvalue weighted by Crippen LogP contribution is 2.17.